The third-order valence-corrected chi connectivity index (χ3v) is 2.55. The third-order valence-electron chi connectivity index (χ3n) is 2.55. The predicted octanol–water partition coefficient (Wildman–Crippen LogP) is 0.145. The van der Waals surface area contributed by atoms with E-state index in [1.807, 2.05) is 0 Å². The quantitative estimate of drug-likeness (QED) is 0.656. The van der Waals surface area contributed by atoms with Crippen LogP contribution >= 0.6 is 0 Å². The first-order valence-electron chi connectivity index (χ1n) is 4.90. The Kier molecular flexibility index (Phi) is 4.18. The number of aliphatic carboxylic acids is 1. The van der Waals surface area contributed by atoms with Crippen LogP contribution in [0.15, 0.2) is 0 Å². The Morgan fingerprint density at radius 2 is 2.15 bits per heavy atom. The van der Waals surface area contributed by atoms with Crippen molar-refractivity contribution in [3.05, 3.63) is 0 Å². The maximum absolute atomic E-state index is 10.6. The molecule has 0 radical (unpaired) electrons. The second kappa shape index (κ2) is 5.19. The highest BCUT2D eigenvalue weighted by Crippen LogP contribution is 2.09. The van der Waals surface area contributed by atoms with Crippen molar-refractivity contribution in [2.24, 2.45) is 0 Å². The molecule has 1 aliphatic heterocycles. The summed E-state index contributed by atoms with van der Waals surface area (Å²) in [5.74, 6) is -0.689. The van der Waals surface area contributed by atoms with Crippen LogP contribution in [0.1, 0.15) is 19.8 Å². The number of nitrogens with zero attached hydrogens (tertiary/aromatic N) is 1. The van der Waals surface area contributed by atoms with Crippen LogP contribution in [-0.4, -0.2) is 48.2 Å². The van der Waals surface area contributed by atoms with Gasteiger partial charge in [0.2, 0.25) is 0 Å². The fourth-order valence-electron chi connectivity index (χ4n) is 1.78. The lowest BCUT2D eigenvalue weighted by molar-refractivity contribution is -0.138. The monoisotopic (exact) mass is 186 g/mol. The van der Waals surface area contributed by atoms with Crippen molar-refractivity contribution in [3.63, 3.8) is 0 Å². The van der Waals surface area contributed by atoms with Crippen molar-refractivity contribution in [3.8, 4) is 0 Å². The molecule has 1 saturated heterocycles. The highest BCUT2D eigenvalue weighted by molar-refractivity contribution is 5.67. The van der Waals surface area contributed by atoms with Crippen LogP contribution in [0.2, 0.25) is 0 Å². The normalized spacial score (nSPS) is 21.3. The number of piperazine rings is 1. The van der Waals surface area contributed by atoms with Crippen molar-refractivity contribution in [1.82, 2.24) is 10.2 Å². The molecule has 0 bridgehead atoms. The Morgan fingerprint density at radius 1 is 1.54 bits per heavy atom. The first-order valence-corrected chi connectivity index (χ1v) is 4.90. The summed E-state index contributed by atoms with van der Waals surface area (Å²) in [5.41, 5.74) is 0. The van der Waals surface area contributed by atoms with E-state index in [-0.39, 0.29) is 12.5 Å². The van der Waals surface area contributed by atoms with E-state index in [0.717, 1.165) is 32.6 Å². The highest BCUT2D eigenvalue weighted by Gasteiger charge is 2.20. The molecule has 0 aromatic heterocycles. The molecule has 1 aliphatic rings. The van der Waals surface area contributed by atoms with Crippen molar-refractivity contribution in [2.45, 2.75) is 25.8 Å². The molecule has 1 unspecified atom stereocenters. The Hall–Kier alpha value is -0.610. The highest BCUT2D eigenvalue weighted by atomic mass is 16.4. The van der Waals surface area contributed by atoms with Gasteiger partial charge in [-0.25, -0.2) is 0 Å². The minimum absolute atomic E-state index is 0.222. The zero-order chi connectivity index (χ0) is 9.68. The van der Waals surface area contributed by atoms with Gasteiger partial charge in [-0.1, -0.05) is 6.92 Å². The van der Waals surface area contributed by atoms with Crippen LogP contribution in [-0.2, 0) is 4.79 Å². The summed E-state index contributed by atoms with van der Waals surface area (Å²) in [4.78, 5) is 12.8. The molecular formula is C9H18N2O2. The van der Waals surface area contributed by atoms with Gasteiger partial charge in [0.25, 0.3) is 0 Å². The molecule has 0 spiro atoms. The number of nitrogens with one attached hydrogen (secondary N) is 1. The molecule has 0 aromatic rings. The van der Waals surface area contributed by atoms with Gasteiger partial charge in [-0.05, 0) is 6.42 Å². The summed E-state index contributed by atoms with van der Waals surface area (Å²) < 4.78 is 0. The molecule has 4 heteroatoms. The van der Waals surface area contributed by atoms with Gasteiger partial charge in [0.05, 0.1) is 6.42 Å². The van der Waals surface area contributed by atoms with Gasteiger partial charge in [-0.2, -0.15) is 0 Å². The molecule has 0 aromatic carbocycles. The molecule has 4 nitrogen and oxygen atoms in total. The zero-order valence-corrected chi connectivity index (χ0v) is 8.12. The first-order chi connectivity index (χ1) is 6.24. The third kappa shape index (κ3) is 3.32. The van der Waals surface area contributed by atoms with Gasteiger partial charge in [0.15, 0.2) is 0 Å². The standard InChI is InChI=1S/C9H18N2O2/c1-2-8(7-9(12)13)11-5-3-10-4-6-11/h8,10H,2-7H2,1H3,(H,12,13). The summed E-state index contributed by atoms with van der Waals surface area (Å²) >= 11 is 0. The van der Waals surface area contributed by atoms with Gasteiger partial charge in [-0.15, -0.1) is 0 Å². The van der Waals surface area contributed by atoms with E-state index in [1.165, 1.54) is 0 Å². The Morgan fingerprint density at radius 3 is 2.62 bits per heavy atom. The van der Waals surface area contributed by atoms with Crippen LogP contribution in [0.3, 0.4) is 0 Å². The molecular weight excluding hydrogens is 168 g/mol. The average molecular weight is 186 g/mol. The summed E-state index contributed by atoms with van der Waals surface area (Å²) in [6.45, 7) is 5.97. The summed E-state index contributed by atoms with van der Waals surface area (Å²) in [6.07, 6.45) is 1.20. The van der Waals surface area contributed by atoms with Crippen molar-refractivity contribution >= 4 is 5.97 Å². The molecule has 2 N–H and O–H groups in total. The molecule has 1 fully saturated rings. The molecule has 1 rings (SSSR count). The maximum Gasteiger partial charge on any atom is 0.304 e. The second-order valence-corrected chi connectivity index (χ2v) is 3.45. The van der Waals surface area contributed by atoms with E-state index < -0.39 is 5.97 Å². The Balaban J connectivity index is 2.39. The lowest BCUT2D eigenvalue weighted by Gasteiger charge is -2.33. The van der Waals surface area contributed by atoms with E-state index >= 15 is 0 Å². The van der Waals surface area contributed by atoms with Crippen molar-refractivity contribution in [2.75, 3.05) is 26.2 Å². The van der Waals surface area contributed by atoms with Gasteiger partial charge in [0, 0.05) is 32.2 Å². The van der Waals surface area contributed by atoms with E-state index in [0.29, 0.717) is 0 Å². The predicted molar refractivity (Wildman–Crippen MR) is 50.8 cm³/mol. The second-order valence-electron chi connectivity index (χ2n) is 3.45. The van der Waals surface area contributed by atoms with Crippen LogP contribution in [0.4, 0.5) is 0 Å². The number of hydrogen-bond donors (Lipinski definition) is 2. The topological polar surface area (TPSA) is 52.6 Å². The summed E-state index contributed by atoms with van der Waals surface area (Å²) in [6, 6.07) is 0.222. The number of carboxylic acid groups (broad SMARTS) is 1. The van der Waals surface area contributed by atoms with Crippen LogP contribution in [0.5, 0.6) is 0 Å². The van der Waals surface area contributed by atoms with Crippen LogP contribution in [0.25, 0.3) is 0 Å². The maximum atomic E-state index is 10.6. The Bertz CT molecular complexity index is 167. The van der Waals surface area contributed by atoms with Crippen molar-refractivity contribution in [1.29, 1.82) is 0 Å². The number of carbonyl (C=O) groups is 1. The molecule has 0 amide bonds. The summed E-state index contributed by atoms with van der Waals surface area (Å²) in [7, 11) is 0. The van der Waals surface area contributed by atoms with Gasteiger partial charge in [-0.3, -0.25) is 9.69 Å². The van der Waals surface area contributed by atoms with E-state index in [9.17, 15) is 4.79 Å². The molecule has 0 saturated carbocycles. The number of carboxylic acids is 1. The minimum atomic E-state index is -0.689. The average Bonchev–Trinajstić information content (AvgIpc) is 2.15. The van der Waals surface area contributed by atoms with Gasteiger partial charge in [0.1, 0.15) is 0 Å². The molecule has 1 heterocycles. The largest absolute Gasteiger partial charge is 0.481 e. The molecule has 76 valence electrons. The smallest absolute Gasteiger partial charge is 0.304 e. The molecule has 1 atom stereocenters. The fourth-order valence-corrected chi connectivity index (χ4v) is 1.78. The van der Waals surface area contributed by atoms with Crippen molar-refractivity contribution < 1.29 is 9.90 Å². The van der Waals surface area contributed by atoms with E-state index in [1.54, 1.807) is 0 Å². The summed E-state index contributed by atoms with van der Waals surface area (Å²) in [5, 5.41) is 12.0. The van der Waals surface area contributed by atoms with E-state index in [2.05, 4.69) is 17.1 Å². The number of hydrogen-bond acceptors (Lipinski definition) is 3. The SMILES string of the molecule is CCC(CC(=O)O)N1CCNCC1. The fraction of sp³-hybridized carbons (Fsp3) is 0.889. The lowest BCUT2D eigenvalue weighted by Crippen LogP contribution is -2.48. The molecule has 0 aliphatic carbocycles. The lowest BCUT2D eigenvalue weighted by atomic mass is 10.1. The van der Waals surface area contributed by atoms with Crippen LogP contribution < -0.4 is 5.32 Å². The first kappa shape index (κ1) is 10.5. The van der Waals surface area contributed by atoms with Gasteiger partial charge < -0.3 is 10.4 Å². The molecule has 13 heavy (non-hydrogen) atoms. The van der Waals surface area contributed by atoms with E-state index in [4.69, 9.17) is 5.11 Å². The Labute approximate surface area is 78.9 Å². The van der Waals surface area contributed by atoms with Crippen LogP contribution in [0, 0.1) is 0 Å². The minimum Gasteiger partial charge on any atom is -0.481 e. The van der Waals surface area contributed by atoms with Gasteiger partial charge >= 0.3 is 5.97 Å². The zero-order valence-electron chi connectivity index (χ0n) is 8.12. The number of rotatable bonds is 4.